The van der Waals surface area contributed by atoms with Crippen LogP contribution in [0.4, 0.5) is 0 Å². The molecule has 2 aromatic carbocycles. The average molecular weight is 369 g/mol. The first-order valence-corrected chi connectivity index (χ1v) is 9.46. The fraction of sp³-hybridized carbons (Fsp3) is 0.286. The van der Waals surface area contributed by atoms with Gasteiger partial charge in [-0.3, -0.25) is 0 Å². The predicted octanol–water partition coefficient (Wildman–Crippen LogP) is 4.89. The van der Waals surface area contributed by atoms with Crippen molar-refractivity contribution >= 4 is 11.3 Å². The number of methoxy groups -OCH3 is 1. The van der Waals surface area contributed by atoms with Crippen molar-refractivity contribution in [1.29, 1.82) is 0 Å². The predicted molar refractivity (Wildman–Crippen MR) is 106 cm³/mol. The fourth-order valence-corrected chi connectivity index (χ4v) is 3.41. The number of nitrogens with one attached hydrogen (secondary N) is 1. The maximum Gasteiger partial charge on any atom is 0.161 e. The fourth-order valence-electron chi connectivity index (χ4n) is 2.61. The number of benzene rings is 2. The number of ether oxygens (including phenoxy) is 2. The minimum Gasteiger partial charge on any atom is -0.493 e. The number of hydrogen-bond donors (Lipinski definition) is 1. The van der Waals surface area contributed by atoms with Gasteiger partial charge >= 0.3 is 0 Å². The Morgan fingerprint density at radius 1 is 1.08 bits per heavy atom. The van der Waals surface area contributed by atoms with Crippen LogP contribution in [0.5, 0.6) is 11.5 Å². The first-order valence-electron chi connectivity index (χ1n) is 8.65. The van der Waals surface area contributed by atoms with Crippen LogP contribution in [0, 0.1) is 6.92 Å². The van der Waals surface area contributed by atoms with E-state index in [0.29, 0.717) is 6.61 Å². The van der Waals surface area contributed by atoms with Crippen LogP contribution in [0.25, 0.3) is 0 Å². The largest absolute Gasteiger partial charge is 0.493 e. The Morgan fingerprint density at radius 3 is 2.58 bits per heavy atom. The molecular formula is C21H24N2O2S. The molecule has 0 radical (unpaired) electrons. The zero-order chi connectivity index (χ0) is 18.4. The van der Waals surface area contributed by atoms with Crippen LogP contribution in [0.3, 0.4) is 0 Å². The van der Waals surface area contributed by atoms with Gasteiger partial charge in [0.15, 0.2) is 11.5 Å². The molecule has 0 aliphatic carbocycles. The summed E-state index contributed by atoms with van der Waals surface area (Å²) in [7, 11) is 1.67. The van der Waals surface area contributed by atoms with Crippen molar-refractivity contribution in [2.24, 2.45) is 0 Å². The monoisotopic (exact) mass is 368 g/mol. The van der Waals surface area contributed by atoms with E-state index >= 15 is 0 Å². The van der Waals surface area contributed by atoms with Crippen LogP contribution >= 0.6 is 11.3 Å². The highest BCUT2D eigenvalue weighted by molar-refractivity contribution is 7.11. The van der Waals surface area contributed by atoms with Gasteiger partial charge in [-0.15, -0.1) is 11.3 Å². The lowest BCUT2D eigenvalue weighted by Gasteiger charge is -2.14. The lowest BCUT2D eigenvalue weighted by Crippen LogP contribution is -2.17. The molecule has 0 amide bonds. The Hall–Kier alpha value is -2.37. The first kappa shape index (κ1) is 18.4. The molecule has 0 saturated heterocycles. The van der Waals surface area contributed by atoms with Crippen molar-refractivity contribution in [2.45, 2.75) is 33.0 Å². The van der Waals surface area contributed by atoms with Crippen molar-refractivity contribution in [3.05, 3.63) is 75.7 Å². The minimum atomic E-state index is 0.216. The van der Waals surface area contributed by atoms with Gasteiger partial charge < -0.3 is 14.8 Å². The van der Waals surface area contributed by atoms with Crippen LogP contribution in [0.15, 0.2) is 54.7 Å². The topological polar surface area (TPSA) is 43.4 Å². The third-order valence-electron chi connectivity index (χ3n) is 4.09. The van der Waals surface area contributed by atoms with E-state index in [4.69, 9.17) is 9.47 Å². The van der Waals surface area contributed by atoms with E-state index in [2.05, 4.69) is 30.2 Å². The van der Waals surface area contributed by atoms with Gasteiger partial charge in [0, 0.05) is 17.6 Å². The molecule has 0 aliphatic heterocycles. The standard InChI is InChI=1S/C21H24N2O2S/c1-15-12-23-21(26-15)16(2)22-13-18-9-10-19(20(11-18)24-3)25-14-17-7-5-4-6-8-17/h4-12,16,22H,13-14H2,1-3H3/t16-/m0/s1. The molecular weight excluding hydrogens is 344 g/mol. The Morgan fingerprint density at radius 2 is 1.88 bits per heavy atom. The van der Waals surface area contributed by atoms with E-state index in [-0.39, 0.29) is 6.04 Å². The van der Waals surface area contributed by atoms with Crippen LogP contribution in [-0.4, -0.2) is 12.1 Å². The quantitative estimate of drug-likeness (QED) is 0.615. The van der Waals surface area contributed by atoms with Crippen LogP contribution < -0.4 is 14.8 Å². The minimum absolute atomic E-state index is 0.216. The van der Waals surface area contributed by atoms with Gasteiger partial charge in [0.05, 0.1) is 13.2 Å². The van der Waals surface area contributed by atoms with Gasteiger partial charge in [0.25, 0.3) is 0 Å². The number of nitrogens with zero attached hydrogens (tertiary/aromatic N) is 1. The highest BCUT2D eigenvalue weighted by atomic mass is 32.1. The Kier molecular flexibility index (Phi) is 6.26. The molecule has 136 valence electrons. The summed E-state index contributed by atoms with van der Waals surface area (Å²) in [6, 6.07) is 16.4. The second-order valence-corrected chi connectivity index (χ2v) is 7.44. The number of hydrogen-bond acceptors (Lipinski definition) is 5. The molecule has 0 bridgehead atoms. The third-order valence-corrected chi connectivity index (χ3v) is 5.18. The Balaban J connectivity index is 1.60. The molecule has 1 atom stereocenters. The molecule has 0 saturated carbocycles. The van der Waals surface area contributed by atoms with Crippen LogP contribution in [0.1, 0.15) is 34.0 Å². The van der Waals surface area contributed by atoms with Gasteiger partial charge in [-0.05, 0) is 37.1 Å². The number of aryl methyl sites for hydroxylation is 1. The average Bonchev–Trinajstić information content (AvgIpc) is 3.12. The van der Waals surface area contributed by atoms with Gasteiger partial charge in [-0.1, -0.05) is 36.4 Å². The van der Waals surface area contributed by atoms with Gasteiger partial charge in [-0.25, -0.2) is 4.98 Å². The summed E-state index contributed by atoms with van der Waals surface area (Å²) in [5.74, 6) is 1.50. The summed E-state index contributed by atoms with van der Waals surface area (Å²) in [6.07, 6.45) is 1.92. The van der Waals surface area contributed by atoms with Crippen molar-refractivity contribution in [3.8, 4) is 11.5 Å². The molecule has 1 aromatic heterocycles. The maximum absolute atomic E-state index is 5.91. The van der Waals surface area contributed by atoms with E-state index in [1.807, 2.05) is 48.7 Å². The van der Waals surface area contributed by atoms with E-state index in [0.717, 1.165) is 34.2 Å². The summed E-state index contributed by atoms with van der Waals surface area (Å²) < 4.78 is 11.4. The molecule has 3 rings (SSSR count). The first-order chi connectivity index (χ1) is 12.7. The number of thiazole rings is 1. The van der Waals surface area contributed by atoms with Crippen LogP contribution in [0.2, 0.25) is 0 Å². The molecule has 4 nitrogen and oxygen atoms in total. The van der Waals surface area contributed by atoms with Gasteiger partial charge in [0.2, 0.25) is 0 Å². The van der Waals surface area contributed by atoms with Gasteiger partial charge in [0.1, 0.15) is 11.6 Å². The molecule has 0 unspecified atom stereocenters. The molecule has 3 aromatic rings. The SMILES string of the molecule is COc1cc(CN[C@@H](C)c2ncc(C)s2)ccc1OCc1ccccc1. The van der Waals surface area contributed by atoms with Crippen molar-refractivity contribution in [3.63, 3.8) is 0 Å². The maximum atomic E-state index is 5.91. The molecule has 0 spiro atoms. The van der Waals surface area contributed by atoms with Gasteiger partial charge in [-0.2, -0.15) is 0 Å². The van der Waals surface area contributed by atoms with Crippen molar-refractivity contribution in [2.75, 3.05) is 7.11 Å². The summed E-state index contributed by atoms with van der Waals surface area (Å²) in [6.45, 7) is 5.48. The smallest absolute Gasteiger partial charge is 0.161 e. The summed E-state index contributed by atoms with van der Waals surface area (Å²) in [4.78, 5) is 5.67. The summed E-state index contributed by atoms with van der Waals surface area (Å²) in [5, 5.41) is 4.62. The molecule has 1 heterocycles. The number of aromatic nitrogens is 1. The second kappa shape index (κ2) is 8.83. The van der Waals surface area contributed by atoms with E-state index in [9.17, 15) is 0 Å². The summed E-state index contributed by atoms with van der Waals surface area (Å²) >= 11 is 1.73. The molecule has 0 fully saturated rings. The van der Waals surface area contributed by atoms with E-state index in [1.165, 1.54) is 4.88 Å². The zero-order valence-electron chi connectivity index (χ0n) is 15.4. The van der Waals surface area contributed by atoms with Crippen molar-refractivity contribution in [1.82, 2.24) is 10.3 Å². The lowest BCUT2D eigenvalue weighted by molar-refractivity contribution is 0.284. The third kappa shape index (κ3) is 4.84. The Bertz CT molecular complexity index is 833. The molecule has 0 aliphatic rings. The number of rotatable bonds is 8. The highest BCUT2D eigenvalue weighted by Crippen LogP contribution is 2.29. The zero-order valence-corrected chi connectivity index (χ0v) is 16.2. The summed E-state index contributed by atoms with van der Waals surface area (Å²) in [5.41, 5.74) is 2.28. The Labute approximate surface area is 158 Å². The van der Waals surface area contributed by atoms with E-state index < -0.39 is 0 Å². The second-order valence-electron chi connectivity index (χ2n) is 6.17. The molecule has 5 heteroatoms. The normalized spacial score (nSPS) is 12.0. The highest BCUT2D eigenvalue weighted by Gasteiger charge is 2.10. The van der Waals surface area contributed by atoms with E-state index in [1.54, 1.807) is 18.4 Å². The van der Waals surface area contributed by atoms with Crippen molar-refractivity contribution < 1.29 is 9.47 Å². The molecule has 1 N–H and O–H groups in total. The van der Waals surface area contributed by atoms with Crippen LogP contribution in [-0.2, 0) is 13.2 Å². The lowest BCUT2D eigenvalue weighted by atomic mass is 10.2. The molecule has 26 heavy (non-hydrogen) atoms.